The third kappa shape index (κ3) is 3.41. The molecule has 0 amide bonds. The Morgan fingerprint density at radius 1 is 1.32 bits per heavy atom. The number of nitrogens with zero attached hydrogens (tertiary/aromatic N) is 1. The van der Waals surface area contributed by atoms with Crippen LogP contribution in [0.2, 0.25) is 10.0 Å². The molecule has 0 bridgehead atoms. The minimum absolute atomic E-state index is 0.439. The average molecular weight is 315 g/mol. The summed E-state index contributed by atoms with van der Waals surface area (Å²) in [6.07, 6.45) is 2.82. The summed E-state index contributed by atoms with van der Waals surface area (Å²) in [5.74, 6) is 0.439. The lowest BCUT2D eigenvalue weighted by atomic mass is 10.1. The molecule has 1 N–H and O–H groups in total. The first-order chi connectivity index (χ1) is 8.99. The molecule has 102 valence electrons. The maximum atomic E-state index is 6.18. The first kappa shape index (κ1) is 14.6. The molecule has 0 aliphatic heterocycles. The van der Waals surface area contributed by atoms with Crippen molar-refractivity contribution in [2.24, 2.45) is 0 Å². The quantitative estimate of drug-likeness (QED) is 0.767. The van der Waals surface area contributed by atoms with Crippen LogP contribution >= 0.6 is 35.4 Å². The van der Waals surface area contributed by atoms with Gasteiger partial charge in [-0.3, -0.25) is 0 Å². The number of H-pyrrole nitrogens is 1. The number of hydrogen-bond donors (Lipinski definition) is 1. The summed E-state index contributed by atoms with van der Waals surface area (Å²) >= 11 is 17.4. The molecule has 0 fully saturated rings. The van der Waals surface area contributed by atoms with E-state index in [1.807, 2.05) is 18.3 Å². The van der Waals surface area contributed by atoms with E-state index in [2.05, 4.69) is 23.4 Å². The highest BCUT2D eigenvalue weighted by Crippen LogP contribution is 2.22. The average Bonchev–Trinajstić information content (AvgIpc) is 2.70. The van der Waals surface area contributed by atoms with Gasteiger partial charge in [0.05, 0.1) is 0 Å². The van der Waals surface area contributed by atoms with E-state index in [0.29, 0.717) is 16.0 Å². The number of halogens is 2. The summed E-state index contributed by atoms with van der Waals surface area (Å²) in [5.41, 5.74) is 2.30. The Kier molecular flexibility index (Phi) is 4.71. The maximum Gasteiger partial charge on any atom is 0.177 e. The van der Waals surface area contributed by atoms with Gasteiger partial charge in [0.25, 0.3) is 0 Å². The van der Waals surface area contributed by atoms with Crippen LogP contribution in [0.15, 0.2) is 24.4 Å². The highest BCUT2D eigenvalue weighted by molar-refractivity contribution is 7.71. The Morgan fingerprint density at radius 3 is 2.68 bits per heavy atom. The van der Waals surface area contributed by atoms with Crippen LogP contribution in [0.5, 0.6) is 0 Å². The van der Waals surface area contributed by atoms with E-state index in [1.54, 1.807) is 6.07 Å². The molecule has 5 heteroatoms. The molecule has 0 aliphatic carbocycles. The highest BCUT2D eigenvalue weighted by atomic mass is 35.5. The summed E-state index contributed by atoms with van der Waals surface area (Å²) in [6.45, 7) is 5.13. The number of imidazole rings is 1. The SMILES string of the molecule is CC(C)c1c[nH]c(=S)n1CCc1ccc(Cl)cc1Cl. The fourth-order valence-electron chi connectivity index (χ4n) is 2.07. The molecule has 0 unspecified atom stereocenters. The van der Waals surface area contributed by atoms with Crippen molar-refractivity contribution in [3.05, 3.63) is 50.5 Å². The Bertz CT molecular complexity index is 629. The number of benzene rings is 1. The molecule has 2 rings (SSSR count). The molecule has 1 aromatic carbocycles. The number of hydrogen-bond acceptors (Lipinski definition) is 1. The fraction of sp³-hybridized carbons (Fsp3) is 0.357. The van der Waals surface area contributed by atoms with Gasteiger partial charge in [-0.25, -0.2) is 0 Å². The van der Waals surface area contributed by atoms with Gasteiger partial charge in [0.15, 0.2) is 4.77 Å². The van der Waals surface area contributed by atoms with Gasteiger partial charge in [-0.05, 0) is 42.3 Å². The van der Waals surface area contributed by atoms with Crippen LogP contribution in [0.3, 0.4) is 0 Å². The Morgan fingerprint density at radius 2 is 2.05 bits per heavy atom. The minimum Gasteiger partial charge on any atom is -0.337 e. The second-order valence-corrected chi connectivity index (χ2v) is 6.04. The van der Waals surface area contributed by atoms with Crippen LogP contribution in [0.4, 0.5) is 0 Å². The molecule has 0 saturated heterocycles. The van der Waals surface area contributed by atoms with Crippen LogP contribution < -0.4 is 0 Å². The van der Waals surface area contributed by atoms with Gasteiger partial charge < -0.3 is 9.55 Å². The van der Waals surface area contributed by atoms with Crippen molar-refractivity contribution in [2.75, 3.05) is 0 Å². The maximum absolute atomic E-state index is 6.18. The normalized spacial score (nSPS) is 11.2. The van der Waals surface area contributed by atoms with Gasteiger partial charge in [0, 0.05) is 28.5 Å². The van der Waals surface area contributed by atoms with Crippen LogP contribution in [-0.2, 0) is 13.0 Å². The second kappa shape index (κ2) is 6.12. The van der Waals surface area contributed by atoms with E-state index < -0.39 is 0 Å². The monoisotopic (exact) mass is 314 g/mol. The molecule has 1 aromatic heterocycles. The first-order valence-electron chi connectivity index (χ1n) is 6.21. The van der Waals surface area contributed by atoms with Crippen molar-refractivity contribution in [3.63, 3.8) is 0 Å². The van der Waals surface area contributed by atoms with Crippen LogP contribution in [0.25, 0.3) is 0 Å². The zero-order valence-corrected chi connectivity index (χ0v) is 13.2. The van der Waals surface area contributed by atoms with Gasteiger partial charge >= 0.3 is 0 Å². The van der Waals surface area contributed by atoms with Gasteiger partial charge in [-0.1, -0.05) is 43.1 Å². The van der Waals surface area contributed by atoms with Gasteiger partial charge in [0.1, 0.15) is 0 Å². The summed E-state index contributed by atoms with van der Waals surface area (Å²) in [6, 6.07) is 5.61. The second-order valence-electron chi connectivity index (χ2n) is 4.81. The van der Waals surface area contributed by atoms with Crippen molar-refractivity contribution in [1.29, 1.82) is 0 Å². The fourth-order valence-corrected chi connectivity index (χ4v) is 2.83. The predicted molar refractivity (Wildman–Crippen MR) is 83.9 cm³/mol. The van der Waals surface area contributed by atoms with E-state index in [0.717, 1.165) is 23.3 Å². The number of rotatable bonds is 4. The lowest BCUT2D eigenvalue weighted by Gasteiger charge is -2.11. The largest absolute Gasteiger partial charge is 0.337 e. The van der Waals surface area contributed by atoms with E-state index in [9.17, 15) is 0 Å². The van der Waals surface area contributed by atoms with E-state index in [1.165, 1.54) is 5.69 Å². The molecule has 1 heterocycles. The minimum atomic E-state index is 0.439. The number of aryl methyl sites for hydroxylation is 1. The summed E-state index contributed by atoms with van der Waals surface area (Å²) in [4.78, 5) is 3.10. The summed E-state index contributed by atoms with van der Waals surface area (Å²) in [5, 5.41) is 1.37. The van der Waals surface area contributed by atoms with Crippen molar-refractivity contribution >= 4 is 35.4 Å². The molecular weight excluding hydrogens is 299 g/mol. The third-order valence-corrected chi connectivity index (χ3v) is 4.04. The molecule has 0 radical (unpaired) electrons. The Hall–Kier alpha value is -0.770. The first-order valence-corrected chi connectivity index (χ1v) is 7.37. The van der Waals surface area contributed by atoms with Crippen molar-refractivity contribution < 1.29 is 0 Å². The smallest absolute Gasteiger partial charge is 0.177 e. The number of aromatic amines is 1. The van der Waals surface area contributed by atoms with E-state index in [-0.39, 0.29) is 0 Å². The van der Waals surface area contributed by atoms with Crippen molar-refractivity contribution in [3.8, 4) is 0 Å². The molecule has 0 aliphatic rings. The van der Waals surface area contributed by atoms with Crippen molar-refractivity contribution in [1.82, 2.24) is 9.55 Å². The lowest BCUT2D eigenvalue weighted by Crippen LogP contribution is -2.07. The highest BCUT2D eigenvalue weighted by Gasteiger charge is 2.09. The van der Waals surface area contributed by atoms with Crippen LogP contribution in [0.1, 0.15) is 31.0 Å². The van der Waals surface area contributed by atoms with Crippen molar-refractivity contribution in [2.45, 2.75) is 32.7 Å². The Balaban J connectivity index is 2.19. The molecule has 0 atom stereocenters. The topological polar surface area (TPSA) is 20.7 Å². The molecule has 19 heavy (non-hydrogen) atoms. The summed E-state index contributed by atoms with van der Waals surface area (Å²) < 4.78 is 2.89. The molecule has 0 spiro atoms. The predicted octanol–water partition coefficient (Wildman–Crippen LogP) is 5.22. The summed E-state index contributed by atoms with van der Waals surface area (Å²) in [7, 11) is 0. The van der Waals surface area contributed by atoms with Crippen LogP contribution in [0, 0.1) is 4.77 Å². The van der Waals surface area contributed by atoms with Gasteiger partial charge in [-0.15, -0.1) is 0 Å². The zero-order chi connectivity index (χ0) is 14.0. The number of nitrogens with one attached hydrogen (secondary N) is 1. The third-order valence-electron chi connectivity index (χ3n) is 3.11. The van der Waals surface area contributed by atoms with Crippen LogP contribution in [-0.4, -0.2) is 9.55 Å². The van der Waals surface area contributed by atoms with E-state index in [4.69, 9.17) is 35.4 Å². The lowest BCUT2D eigenvalue weighted by molar-refractivity contribution is 0.627. The molecule has 2 nitrogen and oxygen atoms in total. The van der Waals surface area contributed by atoms with Gasteiger partial charge in [0.2, 0.25) is 0 Å². The van der Waals surface area contributed by atoms with Gasteiger partial charge in [-0.2, -0.15) is 0 Å². The standard InChI is InChI=1S/C14H16Cl2N2S/c1-9(2)13-8-17-14(19)18(13)6-5-10-3-4-11(15)7-12(10)16/h3-4,7-9H,5-6H2,1-2H3,(H,17,19). The Labute approximate surface area is 128 Å². The molecular formula is C14H16Cl2N2S. The molecule has 0 saturated carbocycles. The number of aromatic nitrogens is 2. The van der Waals surface area contributed by atoms with E-state index >= 15 is 0 Å². The molecule has 2 aromatic rings. The zero-order valence-electron chi connectivity index (χ0n) is 10.9.